The van der Waals surface area contributed by atoms with Crippen molar-refractivity contribution in [2.75, 3.05) is 26.7 Å². The molecular formula is C26H40FN3O3. The fourth-order valence-corrected chi connectivity index (χ4v) is 5.36. The predicted octanol–water partition coefficient (Wildman–Crippen LogP) is 4.14. The second kappa shape index (κ2) is 12.4. The Morgan fingerprint density at radius 3 is 2.55 bits per heavy atom. The molecule has 33 heavy (non-hydrogen) atoms. The van der Waals surface area contributed by atoms with Crippen LogP contribution in [0.5, 0.6) is 0 Å². The Morgan fingerprint density at radius 2 is 1.85 bits per heavy atom. The van der Waals surface area contributed by atoms with E-state index in [1.54, 1.807) is 12.1 Å². The summed E-state index contributed by atoms with van der Waals surface area (Å²) in [5.74, 6) is 0.340. The van der Waals surface area contributed by atoms with Crippen LogP contribution >= 0.6 is 0 Å². The lowest BCUT2D eigenvalue weighted by atomic mass is 9.83. The van der Waals surface area contributed by atoms with Gasteiger partial charge in [-0.05, 0) is 74.1 Å². The molecule has 7 heteroatoms. The SMILES string of the molecule is COC(=O)C(NC(=O)N[C@@H]1CCCC[C@H]1CN1CCC[C@@H](Cc2ccc(F)cc2)C1)C(C)C. The first kappa shape index (κ1) is 25.5. The third kappa shape index (κ3) is 7.70. The maximum absolute atomic E-state index is 13.2. The number of halogens is 1. The Kier molecular flexibility index (Phi) is 9.53. The zero-order chi connectivity index (χ0) is 23.8. The van der Waals surface area contributed by atoms with E-state index in [-0.39, 0.29) is 23.8 Å². The Bertz CT molecular complexity index is 771. The highest BCUT2D eigenvalue weighted by Gasteiger charge is 2.31. The van der Waals surface area contributed by atoms with Gasteiger partial charge < -0.3 is 20.3 Å². The Labute approximate surface area is 197 Å². The number of benzene rings is 1. The molecule has 0 bridgehead atoms. The summed E-state index contributed by atoms with van der Waals surface area (Å²) in [6.07, 6.45) is 7.73. The summed E-state index contributed by atoms with van der Waals surface area (Å²) in [4.78, 5) is 27.2. The van der Waals surface area contributed by atoms with Gasteiger partial charge in [0.1, 0.15) is 11.9 Å². The highest BCUT2D eigenvalue weighted by Crippen LogP contribution is 2.28. The van der Waals surface area contributed by atoms with E-state index in [4.69, 9.17) is 4.74 Å². The van der Waals surface area contributed by atoms with E-state index in [1.807, 2.05) is 26.0 Å². The van der Waals surface area contributed by atoms with Crippen molar-refractivity contribution in [3.05, 3.63) is 35.6 Å². The summed E-state index contributed by atoms with van der Waals surface area (Å²) >= 11 is 0. The molecule has 0 aromatic heterocycles. The molecule has 1 saturated carbocycles. The van der Waals surface area contributed by atoms with Crippen LogP contribution in [-0.2, 0) is 16.0 Å². The van der Waals surface area contributed by atoms with Crippen LogP contribution in [0.3, 0.4) is 0 Å². The van der Waals surface area contributed by atoms with Gasteiger partial charge in [-0.3, -0.25) is 0 Å². The van der Waals surface area contributed by atoms with E-state index >= 15 is 0 Å². The van der Waals surface area contributed by atoms with Gasteiger partial charge in [0.2, 0.25) is 0 Å². The highest BCUT2D eigenvalue weighted by molar-refractivity contribution is 5.83. The lowest BCUT2D eigenvalue weighted by Crippen LogP contribution is -2.54. The Morgan fingerprint density at radius 1 is 1.12 bits per heavy atom. The summed E-state index contributed by atoms with van der Waals surface area (Å²) in [6.45, 7) is 6.90. The number of methoxy groups -OCH3 is 1. The largest absolute Gasteiger partial charge is 0.467 e. The number of carbonyl (C=O) groups excluding carboxylic acids is 2. The minimum absolute atomic E-state index is 0.0447. The van der Waals surface area contributed by atoms with Crippen LogP contribution in [0.15, 0.2) is 24.3 Å². The van der Waals surface area contributed by atoms with E-state index < -0.39 is 12.0 Å². The normalized spacial score (nSPS) is 24.8. The van der Waals surface area contributed by atoms with Crippen LogP contribution in [0.25, 0.3) is 0 Å². The van der Waals surface area contributed by atoms with Gasteiger partial charge in [-0.25, -0.2) is 14.0 Å². The molecule has 2 N–H and O–H groups in total. The molecule has 1 aliphatic carbocycles. The number of esters is 1. The monoisotopic (exact) mass is 461 g/mol. The number of carbonyl (C=O) groups is 2. The summed E-state index contributed by atoms with van der Waals surface area (Å²) in [5.41, 5.74) is 1.20. The van der Waals surface area contributed by atoms with Gasteiger partial charge in [0.05, 0.1) is 7.11 Å². The number of likely N-dealkylation sites (tertiary alicyclic amines) is 1. The summed E-state index contributed by atoms with van der Waals surface area (Å²) in [5, 5.41) is 5.97. The standard InChI is InChI=1S/C26H40FN3O3/c1-18(2)24(25(31)33-3)29-26(32)28-23-9-5-4-8-21(23)17-30-14-6-7-20(16-30)15-19-10-12-22(27)13-11-19/h10-13,18,20-21,23-24H,4-9,14-17H2,1-3H3,(H2,28,29,32)/t20-,21-,23+,24?/m0/s1. The molecule has 4 atom stereocenters. The van der Waals surface area contributed by atoms with Gasteiger partial charge in [0, 0.05) is 19.1 Å². The molecule has 1 aromatic carbocycles. The number of hydrogen-bond acceptors (Lipinski definition) is 4. The van der Waals surface area contributed by atoms with Crippen LogP contribution in [0.4, 0.5) is 9.18 Å². The maximum Gasteiger partial charge on any atom is 0.328 e. The van der Waals surface area contributed by atoms with Crippen LogP contribution in [0.1, 0.15) is 57.9 Å². The van der Waals surface area contributed by atoms with Crippen molar-refractivity contribution in [2.45, 2.75) is 70.9 Å². The van der Waals surface area contributed by atoms with Crippen molar-refractivity contribution in [3.8, 4) is 0 Å². The molecule has 3 rings (SSSR count). The lowest BCUT2D eigenvalue weighted by molar-refractivity contribution is -0.144. The zero-order valence-electron chi connectivity index (χ0n) is 20.3. The van der Waals surface area contributed by atoms with Gasteiger partial charge in [0.25, 0.3) is 0 Å². The highest BCUT2D eigenvalue weighted by atomic mass is 19.1. The fraction of sp³-hybridized carbons (Fsp3) is 0.692. The molecule has 1 aromatic rings. The first-order valence-electron chi connectivity index (χ1n) is 12.5. The van der Waals surface area contributed by atoms with Crippen LogP contribution in [-0.4, -0.2) is 55.7 Å². The van der Waals surface area contributed by atoms with Gasteiger partial charge in [-0.15, -0.1) is 0 Å². The molecule has 1 heterocycles. The molecule has 184 valence electrons. The average Bonchev–Trinajstić information content (AvgIpc) is 2.80. The minimum Gasteiger partial charge on any atom is -0.467 e. The molecule has 2 fully saturated rings. The molecular weight excluding hydrogens is 421 g/mol. The molecule has 2 amide bonds. The van der Waals surface area contributed by atoms with Crippen molar-refractivity contribution in [2.24, 2.45) is 17.8 Å². The number of hydrogen-bond donors (Lipinski definition) is 2. The zero-order valence-corrected chi connectivity index (χ0v) is 20.3. The molecule has 2 aliphatic rings. The van der Waals surface area contributed by atoms with Gasteiger partial charge in [-0.1, -0.05) is 38.8 Å². The lowest BCUT2D eigenvalue weighted by Gasteiger charge is -2.39. The van der Waals surface area contributed by atoms with Crippen molar-refractivity contribution in [3.63, 3.8) is 0 Å². The smallest absolute Gasteiger partial charge is 0.328 e. The predicted molar refractivity (Wildman–Crippen MR) is 127 cm³/mol. The third-order valence-corrected chi connectivity index (χ3v) is 7.17. The second-order valence-corrected chi connectivity index (χ2v) is 10.1. The average molecular weight is 462 g/mol. The molecule has 1 saturated heterocycles. The van der Waals surface area contributed by atoms with Crippen LogP contribution in [0, 0.1) is 23.6 Å². The van der Waals surface area contributed by atoms with Crippen LogP contribution < -0.4 is 10.6 Å². The van der Waals surface area contributed by atoms with Crippen molar-refractivity contribution >= 4 is 12.0 Å². The number of amides is 2. The van der Waals surface area contributed by atoms with Crippen molar-refractivity contribution < 1.29 is 18.7 Å². The Hall–Kier alpha value is -2.15. The molecule has 0 radical (unpaired) electrons. The first-order valence-corrected chi connectivity index (χ1v) is 12.5. The van der Waals surface area contributed by atoms with Gasteiger partial charge in [-0.2, -0.15) is 0 Å². The van der Waals surface area contributed by atoms with Crippen molar-refractivity contribution in [1.29, 1.82) is 0 Å². The van der Waals surface area contributed by atoms with Gasteiger partial charge in [0.15, 0.2) is 0 Å². The quantitative estimate of drug-likeness (QED) is 0.571. The fourth-order valence-electron chi connectivity index (χ4n) is 5.36. The first-order chi connectivity index (χ1) is 15.9. The molecule has 6 nitrogen and oxygen atoms in total. The number of nitrogens with zero attached hydrogens (tertiary/aromatic N) is 1. The van der Waals surface area contributed by atoms with Gasteiger partial charge >= 0.3 is 12.0 Å². The third-order valence-electron chi connectivity index (χ3n) is 7.17. The van der Waals surface area contributed by atoms with E-state index in [0.717, 1.165) is 45.3 Å². The molecule has 1 aliphatic heterocycles. The second-order valence-electron chi connectivity index (χ2n) is 10.1. The Balaban J connectivity index is 1.53. The summed E-state index contributed by atoms with van der Waals surface area (Å²) in [6, 6.07) is 6.06. The van der Waals surface area contributed by atoms with E-state index in [2.05, 4.69) is 15.5 Å². The summed E-state index contributed by atoms with van der Waals surface area (Å²) < 4.78 is 18.1. The number of piperidine rings is 1. The van der Waals surface area contributed by atoms with Crippen molar-refractivity contribution in [1.82, 2.24) is 15.5 Å². The maximum atomic E-state index is 13.2. The van der Waals surface area contributed by atoms with E-state index in [1.165, 1.54) is 31.9 Å². The number of ether oxygens (including phenoxy) is 1. The molecule has 0 spiro atoms. The van der Waals surface area contributed by atoms with E-state index in [0.29, 0.717) is 11.8 Å². The van der Waals surface area contributed by atoms with E-state index in [9.17, 15) is 14.0 Å². The minimum atomic E-state index is -0.647. The number of nitrogens with one attached hydrogen (secondary N) is 2. The summed E-state index contributed by atoms with van der Waals surface area (Å²) in [7, 11) is 1.34. The number of urea groups is 1. The number of rotatable bonds is 8. The van der Waals surface area contributed by atoms with Crippen LogP contribution in [0.2, 0.25) is 0 Å². The topological polar surface area (TPSA) is 70.7 Å². The molecule has 1 unspecified atom stereocenters.